The van der Waals surface area contributed by atoms with Crippen molar-refractivity contribution in [1.29, 1.82) is 0 Å². The highest BCUT2D eigenvalue weighted by molar-refractivity contribution is 6.30. The molecule has 36 heavy (non-hydrogen) atoms. The number of aliphatic hydroxyl groups is 1. The maximum Gasteiger partial charge on any atom is 0.274 e. The van der Waals surface area contributed by atoms with E-state index in [1.54, 1.807) is 4.68 Å². The minimum absolute atomic E-state index is 0.0107. The molecule has 0 aliphatic carbocycles. The summed E-state index contributed by atoms with van der Waals surface area (Å²) < 4.78 is 1.75. The number of nitrogens with zero attached hydrogens (tertiary/aromatic N) is 3. The average Bonchev–Trinajstić information content (AvgIpc) is 3.16. The Bertz CT molecular complexity index is 1350. The summed E-state index contributed by atoms with van der Waals surface area (Å²) in [5.41, 5.74) is 2.99. The molecule has 1 N–H and O–H groups in total. The third kappa shape index (κ3) is 5.70. The third-order valence-corrected chi connectivity index (χ3v) is 7.48. The van der Waals surface area contributed by atoms with Gasteiger partial charge < -0.3 is 10.0 Å². The third-order valence-electron chi connectivity index (χ3n) is 7.23. The van der Waals surface area contributed by atoms with E-state index in [4.69, 9.17) is 16.7 Å². The molecule has 4 aromatic rings. The molecule has 186 valence electrons. The average molecular weight is 502 g/mol. The van der Waals surface area contributed by atoms with Crippen molar-refractivity contribution in [3.05, 3.63) is 111 Å². The second-order valence-corrected chi connectivity index (χ2v) is 10.1. The Hall–Kier alpha value is -2.99. The van der Waals surface area contributed by atoms with Gasteiger partial charge >= 0.3 is 0 Å². The van der Waals surface area contributed by atoms with Gasteiger partial charge in [-0.15, -0.1) is 0 Å². The van der Waals surface area contributed by atoms with Gasteiger partial charge in [0.05, 0.1) is 23.2 Å². The predicted molar refractivity (Wildman–Crippen MR) is 146 cm³/mol. The molecular weight excluding hydrogens is 470 g/mol. The standard InChI is InChI=1S/C30H32ClN3O2/c31-24-14-12-22(13-15-24)21-28-26-10-4-5-11-27(26)30(36)34(32-28)25-9-6-18-33(19-16-25)20-17-29(35)23-7-2-1-3-8-23/h1-5,7-8,10-15,25,29,35H,6,9,16-21H2. The van der Waals surface area contributed by atoms with Crippen molar-refractivity contribution in [1.82, 2.24) is 14.7 Å². The molecule has 2 atom stereocenters. The first-order valence-corrected chi connectivity index (χ1v) is 13.2. The highest BCUT2D eigenvalue weighted by Gasteiger charge is 2.22. The van der Waals surface area contributed by atoms with Crippen LogP contribution in [0.5, 0.6) is 0 Å². The molecule has 0 amide bonds. The largest absolute Gasteiger partial charge is 0.388 e. The molecule has 1 aromatic heterocycles. The highest BCUT2D eigenvalue weighted by Crippen LogP contribution is 2.25. The summed E-state index contributed by atoms with van der Waals surface area (Å²) in [5.74, 6) is 0. The van der Waals surface area contributed by atoms with Gasteiger partial charge in [-0.25, -0.2) is 4.68 Å². The fraction of sp³-hybridized carbons (Fsp3) is 0.333. The van der Waals surface area contributed by atoms with E-state index >= 15 is 0 Å². The monoisotopic (exact) mass is 501 g/mol. The summed E-state index contributed by atoms with van der Waals surface area (Å²) in [6.45, 7) is 2.70. The number of likely N-dealkylation sites (tertiary alicyclic amines) is 1. The quantitative estimate of drug-likeness (QED) is 0.348. The van der Waals surface area contributed by atoms with Crippen molar-refractivity contribution < 1.29 is 5.11 Å². The van der Waals surface area contributed by atoms with E-state index in [0.717, 1.165) is 66.5 Å². The Morgan fingerprint density at radius 1 is 0.917 bits per heavy atom. The van der Waals surface area contributed by atoms with Crippen LogP contribution in [0.25, 0.3) is 10.8 Å². The van der Waals surface area contributed by atoms with E-state index in [1.165, 1.54) is 0 Å². The Kier molecular flexibility index (Phi) is 7.81. The van der Waals surface area contributed by atoms with Crippen molar-refractivity contribution >= 4 is 22.4 Å². The summed E-state index contributed by atoms with van der Waals surface area (Å²) >= 11 is 6.08. The SMILES string of the molecule is O=c1c2ccccc2c(Cc2ccc(Cl)cc2)nn1C1CCCN(CCC(O)c2ccccc2)CC1. The number of benzene rings is 3. The van der Waals surface area contributed by atoms with Gasteiger partial charge in [0.2, 0.25) is 0 Å². The second-order valence-electron chi connectivity index (χ2n) is 9.69. The summed E-state index contributed by atoms with van der Waals surface area (Å²) in [4.78, 5) is 15.9. The number of rotatable bonds is 7. The number of hydrogen-bond acceptors (Lipinski definition) is 4. The molecule has 1 aliphatic heterocycles. The zero-order valence-corrected chi connectivity index (χ0v) is 21.1. The topological polar surface area (TPSA) is 58.4 Å². The Labute approximate surface area is 217 Å². The second kappa shape index (κ2) is 11.4. The van der Waals surface area contributed by atoms with E-state index in [9.17, 15) is 9.90 Å². The summed E-state index contributed by atoms with van der Waals surface area (Å²) in [5, 5.41) is 17.9. The van der Waals surface area contributed by atoms with Gasteiger partial charge in [-0.05, 0) is 61.6 Å². The van der Waals surface area contributed by atoms with Crippen LogP contribution in [-0.2, 0) is 6.42 Å². The van der Waals surface area contributed by atoms with Crippen LogP contribution < -0.4 is 5.56 Å². The van der Waals surface area contributed by atoms with Crippen LogP contribution in [0.15, 0.2) is 83.7 Å². The lowest BCUT2D eigenvalue weighted by Crippen LogP contribution is -2.30. The minimum Gasteiger partial charge on any atom is -0.388 e. The van der Waals surface area contributed by atoms with E-state index in [-0.39, 0.29) is 11.6 Å². The lowest BCUT2D eigenvalue weighted by Gasteiger charge is -2.22. The van der Waals surface area contributed by atoms with Gasteiger partial charge in [0.25, 0.3) is 5.56 Å². The van der Waals surface area contributed by atoms with Gasteiger partial charge in [0, 0.05) is 29.9 Å². The normalized spacial score (nSPS) is 17.7. The van der Waals surface area contributed by atoms with Crippen molar-refractivity contribution in [2.24, 2.45) is 0 Å². The molecule has 0 saturated carbocycles. The zero-order chi connectivity index (χ0) is 24.9. The maximum atomic E-state index is 13.5. The molecule has 0 spiro atoms. The first-order chi connectivity index (χ1) is 17.6. The van der Waals surface area contributed by atoms with E-state index in [1.807, 2.05) is 78.9 Å². The highest BCUT2D eigenvalue weighted by atomic mass is 35.5. The summed E-state index contributed by atoms with van der Waals surface area (Å²) in [7, 11) is 0. The maximum absolute atomic E-state index is 13.5. The summed E-state index contributed by atoms with van der Waals surface area (Å²) in [6.07, 6.45) is 3.68. The Morgan fingerprint density at radius 3 is 2.42 bits per heavy atom. The Balaban J connectivity index is 1.33. The zero-order valence-electron chi connectivity index (χ0n) is 20.4. The van der Waals surface area contributed by atoms with Gasteiger partial charge in [0.15, 0.2) is 0 Å². The van der Waals surface area contributed by atoms with Crippen LogP contribution >= 0.6 is 11.6 Å². The molecule has 2 unspecified atom stereocenters. The van der Waals surface area contributed by atoms with Crippen LogP contribution in [0.1, 0.15) is 54.6 Å². The number of halogens is 1. The van der Waals surface area contributed by atoms with Crippen molar-refractivity contribution in [3.8, 4) is 0 Å². The van der Waals surface area contributed by atoms with Crippen molar-refractivity contribution in [2.45, 2.75) is 44.2 Å². The first-order valence-electron chi connectivity index (χ1n) is 12.8. The number of fused-ring (bicyclic) bond motifs is 1. The fourth-order valence-corrected chi connectivity index (χ4v) is 5.33. The molecule has 1 aliphatic rings. The van der Waals surface area contributed by atoms with E-state index < -0.39 is 6.10 Å². The van der Waals surface area contributed by atoms with Crippen molar-refractivity contribution in [3.63, 3.8) is 0 Å². The molecule has 0 bridgehead atoms. The van der Waals surface area contributed by atoms with Gasteiger partial charge in [-0.2, -0.15) is 5.10 Å². The molecule has 6 heteroatoms. The van der Waals surface area contributed by atoms with Crippen LogP contribution in [0.2, 0.25) is 5.02 Å². The fourth-order valence-electron chi connectivity index (χ4n) is 5.20. The molecule has 1 fully saturated rings. The number of aromatic nitrogens is 2. The van der Waals surface area contributed by atoms with Crippen molar-refractivity contribution in [2.75, 3.05) is 19.6 Å². The minimum atomic E-state index is -0.453. The number of aliphatic hydroxyl groups excluding tert-OH is 1. The van der Waals surface area contributed by atoms with Crippen LogP contribution in [0.4, 0.5) is 0 Å². The van der Waals surface area contributed by atoms with Crippen LogP contribution in [0, 0.1) is 0 Å². The first kappa shape index (κ1) is 24.7. The van der Waals surface area contributed by atoms with Gasteiger partial charge in [0.1, 0.15) is 0 Å². The predicted octanol–water partition coefficient (Wildman–Crippen LogP) is 5.79. The van der Waals surface area contributed by atoms with E-state index in [0.29, 0.717) is 17.9 Å². The van der Waals surface area contributed by atoms with Gasteiger partial charge in [-0.3, -0.25) is 4.79 Å². The molecule has 5 rings (SSSR count). The summed E-state index contributed by atoms with van der Waals surface area (Å²) in [6, 6.07) is 25.5. The molecule has 3 aromatic carbocycles. The van der Waals surface area contributed by atoms with Crippen LogP contribution in [0.3, 0.4) is 0 Å². The molecule has 0 radical (unpaired) electrons. The van der Waals surface area contributed by atoms with Crippen LogP contribution in [-0.4, -0.2) is 39.4 Å². The number of hydrogen-bond donors (Lipinski definition) is 1. The lowest BCUT2D eigenvalue weighted by molar-refractivity contribution is 0.142. The molecule has 1 saturated heterocycles. The van der Waals surface area contributed by atoms with E-state index in [2.05, 4.69) is 4.90 Å². The smallest absolute Gasteiger partial charge is 0.274 e. The Morgan fingerprint density at radius 2 is 1.64 bits per heavy atom. The van der Waals surface area contributed by atoms with Gasteiger partial charge in [-0.1, -0.05) is 72.3 Å². The lowest BCUT2D eigenvalue weighted by atomic mass is 10.0. The molecule has 2 heterocycles. The molecular formula is C30H32ClN3O2. The molecule has 5 nitrogen and oxygen atoms in total.